The lowest BCUT2D eigenvalue weighted by Crippen LogP contribution is -2.31. The SMILES string of the molecule is CC(NC(=O)COC(=O)c1cnc(Cl)c(Cl)c1)c1ccccc1. The number of hydrogen-bond donors (Lipinski definition) is 1. The minimum absolute atomic E-state index is 0.0950. The zero-order valence-electron chi connectivity index (χ0n) is 12.3. The van der Waals surface area contributed by atoms with E-state index >= 15 is 0 Å². The summed E-state index contributed by atoms with van der Waals surface area (Å²) in [6, 6.07) is 10.6. The second kappa shape index (κ2) is 7.94. The number of aromatic nitrogens is 1. The first-order chi connectivity index (χ1) is 11.0. The van der Waals surface area contributed by atoms with Gasteiger partial charge in [-0.25, -0.2) is 9.78 Å². The molecule has 1 unspecified atom stereocenters. The van der Waals surface area contributed by atoms with Crippen LogP contribution in [0.2, 0.25) is 10.2 Å². The fourth-order valence-corrected chi connectivity index (χ4v) is 2.13. The van der Waals surface area contributed by atoms with Gasteiger partial charge in [0.05, 0.1) is 16.6 Å². The largest absolute Gasteiger partial charge is 0.452 e. The van der Waals surface area contributed by atoms with Gasteiger partial charge in [0.25, 0.3) is 5.91 Å². The van der Waals surface area contributed by atoms with Gasteiger partial charge in [-0.1, -0.05) is 53.5 Å². The molecule has 1 N–H and O–H groups in total. The number of rotatable bonds is 5. The molecule has 1 aromatic carbocycles. The predicted molar refractivity (Wildman–Crippen MR) is 87.5 cm³/mol. The minimum Gasteiger partial charge on any atom is -0.452 e. The lowest BCUT2D eigenvalue weighted by Gasteiger charge is -2.14. The smallest absolute Gasteiger partial charge is 0.340 e. The van der Waals surface area contributed by atoms with Crippen LogP contribution in [-0.4, -0.2) is 23.5 Å². The third-order valence-corrected chi connectivity index (χ3v) is 3.73. The highest BCUT2D eigenvalue weighted by Crippen LogP contribution is 2.20. The molecule has 0 bridgehead atoms. The Balaban J connectivity index is 1.86. The van der Waals surface area contributed by atoms with Gasteiger partial charge in [0, 0.05) is 6.20 Å². The number of pyridine rings is 1. The van der Waals surface area contributed by atoms with Crippen LogP contribution in [0.4, 0.5) is 0 Å². The van der Waals surface area contributed by atoms with Crippen molar-refractivity contribution in [3.8, 4) is 0 Å². The number of nitrogens with one attached hydrogen (secondary N) is 1. The van der Waals surface area contributed by atoms with Crippen molar-refractivity contribution in [2.45, 2.75) is 13.0 Å². The van der Waals surface area contributed by atoms with Gasteiger partial charge in [-0.15, -0.1) is 0 Å². The number of benzene rings is 1. The number of nitrogens with zero attached hydrogens (tertiary/aromatic N) is 1. The van der Waals surface area contributed by atoms with Crippen molar-refractivity contribution in [2.24, 2.45) is 0 Å². The molecule has 2 aromatic rings. The Kier molecular flexibility index (Phi) is 5.96. The predicted octanol–water partition coefficient (Wildman–Crippen LogP) is 3.42. The van der Waals surface area contributed by atoms with Crippen LogP contribution in [0.5, 0.6) is 0 Å². The molecule has 1 aromatic heterocycles. The molecule has 0 spiro atoms. The van der Waals surface area contributed by atoms with Crippen LogP contribution >= 0.6 is 23.2 Å². The van der Waals surface area contributed by atoms with Crippen LogP contribution in [0.1, 0.15) is 28.9 Å². The quantitative estimate of drug-likeness (QED) is 0.661. The van der Waals surface area contributed by atoms with Gasteiger partial charge >= 0.3 is 5.97 Å². The molecule has 0 saturated carbocycles. The highest BCUT2D eigenvalue weighted by atomic mass is 35.5. The Morgan fingerprint density at radius 1 is 1.26 bits per heavy atom. The summed E-state index contributed by atoms with van der Waals surface area (Å²) in [5.41, 5.74) is 1.09. The van der Waals surface area contributed by atoms with Gasteiger partial charge in [0.1, 0.15) is 5.15 Å². The topological polar surface area (TPSA) is 68.3 Å². The molecule has 0 saturated heterocycles. The maximum Gasteiger partial charge on any atom is 0.340 e. The maximum atomic E-state index is 11.8. The number of carbonyl (C=O) groups excluding carboxylic acids is 2. The van der Waals surface area contributed by atoms with E-state index in [1.165, 1.54) is 12.3 Å². The Hall–Kier alpha value is -2.11. The fraction of sp³-hybridized carbons (Fsp3) is 0.188. The first-order valence-corrected chi connectivity index (χ1v) is 7.55. The van der Waals surface area contributed by atoms with Crippen molar-refractivity contribution in [3.05, 3.63) is 63.9 Å². The lowest BCUT2D eigenvalue weighted by atomic mass is 10.1. The second-order valence-electron chi connectivity index (χ2n) is 4.77. The number of esters is 1. The molecule has 1 atom stereocenters. The summed E-state index contributed by atoms with van der Waals surface area (Å²) in [7, 11) is 0. The molecule has 23 heavy (non-hydrogen) atoms. The number of amides is 1. The Morgan fingerprint density at radius 3 is 2.61 bits per heavy atom. The molecule has 2 rings (SSSR count). The van der Waals surface area contributed by atoms with E-state index in [2.05, 4.69) is 10.3 Å². The lowest BCUT2D eigenvalue weighted by molar-refractivity contribution is -0.124. The summed E-state index contributed by atoms with van der Waals surface area (Å²) in [6.07, 6.45) is 1.24. The van der Waals surface area contributed by atoms with Crippen molar-refractivity contribution in [1.29, 1.82) is 0 Å². The first-order valence-electron chi connectivity index (χ1n) is 6.80. The number of ether oxygens (including phenoxy) is 1. The fourth-order valence-electron chi connectivity index (χ4n) is 1.86. The number of halogens is 2. The molecule has 120 valence electrons. The highest BCUT2D eigenvalue weighted by Gasteiger charge is 2.14. The Bertz CT molecular complexity index is 708. The van der Waals surface area contributed by atoms with E-state index in [0.717, 1.165) is 5.56 Å². The Labute approximate surface area is 143 Å². The van der Waals surface area contributed by atoms with E-state index < -0.39 is 18.5 Å². The van der Waals surface area contributed by atoms with Gasteiger partial charge in [0.2, 0.25) is 0 Å². The molecule has 0 fully saturated rings. The van der Waals surface area contributed by atoms with Crippen LogP contribution in [0.15, 0.2) is 42.6 Å². The van der Waals surface area contributed by atoms with Gasteiger partial charge in [-0.05, 0) is 18.6 Å². The summed E-state index contributed by atoms with van der Waals surface area (Å²) in [5.74, 6) is -1.10. The molecule has 0 aliphatic heterocycles. The summed E-state index contributed by atoms with van der Waals surface area (Å²) in [6.45, 7) is 1.45. The van der Waals surface area contributed by atoms with Gasteiger partial charge in [-0.2, -0.15) is 0 Å². The maximum absolute atomic E-state index is 11.8. The van der Waals surface area contributed by atoms with Crippen molar-refractivity contribution in [1.82, 2.24) is 10.3 Å². The van der Waals surface area contributed by atoms with E-state index in [9.17, 15) is 9.59 Å². The third kappa shape index (κ3) is 4.94. The van der Waals surface area contributed by atoms with Crippen LogP contribution < -0.4 is 5.32 Å². The summed E-state index contributed by atoms with van der Waals surface area (Å²) in [4.78, 5) is 27.4. The zero-order valence-corrected chi connectivity index (χ0v) is 13.8. The van der Waals surface area contributed by atoms with E-state index in [-0.39, 0.29) is 21.8 Å². The monoisotopic (exact) mass is 352 g/mol. The van der Waals surface area contributed by atoms with E-state index in [0.29, 0.717) is 0 Å². The summed E-state index contributed by atoms with van der Waals surface area (Å²) >= 11 is 11.4. The average molecular weight is 353 g/mol. The van der Waals surface area contributed by atoms with E-state index in [1.807, 2.05) is 37.3 Å². The second-order valence-corrected chi connectivity index (χ2v) is 5.54. The Morgan fingerprint density at radius 2 is 1.96 bits per heavy atom. The van der Waals surface area contributed by atoms with Crippen molar-refractivity contribution in [2.75, 3.05) is 6.61 Å². The zero-order chi connectivity index (χ0) is 16.8. The molecule has 1 amide bonds. The van der Waals surface area contributed by atoms with Crippen LogP contribution in [-0.2, 0) is 9.53 Å². The van der Waals surface area contributed by atoms with Crippen molar-refractivity contribution in [3.63, 3.8) is 0 Å². The molecule has 5 nitrogen and oxygen atoms in total. The van der Waals surface area contributed by atoms with Gasteiger partial charge in [0.15, 0.2) is 6.61 Å². The van der Waals surface area contributed by atoms with Crippen LogP contribution in [0, 0.1) is 0 Å². The first kappa shape index (κ1) is 17.2. The molecular weight excluding hydrogens is 339 g/mol. The normalized spacial score (nSPS) is 11.6. The van der Waals surface area contributed by atoms with Crippen molar-refractivity contribution < 1.29 is 14.3 Å². The molecular formula is C16H14Cl2N2O3. The highest BCUT2D eigenvalue weighted by molar-refractivity contribution is 6.41. The standard InChI is InChI=1S/C16H14Cl2N2O3/c1-10(11-5-3-2-4-6-11)20-14(21)9-23-16(22)12-7-13(17)15(18)19-8-12/h2-8,10H,9H2,1H3,(H,20,21). The third-order valence-electron chi connectivity index (χ3n) is 3.04. The molecule has 7 heteroatoms. The van der Waals surface area contributed by atoms with Crippen molar-refractivity contribution >= 4 is 35.1 Å². The summed E-state index contributed by atoms with van der Waals surface area (Å²) in [5, 5.41) is 2.98. The number of carbonyl (C=O) groups is 2. The number of hydrogen-bond acceptors (Lipinski definition) is 4. The molecule has 0 aliphatic carbocycles. The summed E-state index contributed by atoms with van der Waals surface area (Å²) < 4.78 is 4.93. The minimum atomic E-state index is -0.696. The van der Waals surface area contributed by atoms with E-state index in [4.69, 9.17) is 27.9 Å². The molecule has 0 aliphatic rings. The van der Waals surface area contributed by atoms with Crippen LogP contribution in [0.25, 0.3) is 0 Å². The molecule has 1 heterocycles. The van der Waals surface area contributed by atoms with Gasteiger partial charge in [-0.3, -0.25) is 4.79 Å². The van der Waals surface area contributed by atoms with Gasteiger partial charge < -0.3 is 10.1 Å². The average Bonchev–Trinajstić information content (AvgIpc) is 2.56. The molecule has 0 radical (unpaired) electrons. The van der Waals surface area contributed by atoms with E-state index in [1.54, 1.807) is 0 Å². The van der Waals surface area contributed by atoms with Crippen LogP contribution in [0.3, 0.4) is 0 Å².